The first-order chi connectivity index (χ1) is 7.94. The number of nitrogen functional groups attached to an aromatic ring is 1. The first kappa shape index (κ1) is 13.0. The molecule has 0 spiro atoms. The molecule has 1 saturated heterocycles. The molecular formula is C10H12Cl2N2O2S. The minimum absolute atomic E-state index is 0.00407. The molecule has 1 fully saturated rings. The van der Waals surface area contributed by atoms with Crippen molar-refractivity contribution < 1.29 is 8.42 Å². The number of hydrogen-bond donors (Lipinski definition) is 1. The smallest absolute Gasteiger partial charge is 0.244 e. The van der Waals surface area contributed by atoms with Crippen molar-refractivity contribution in [2.75, 3.05) is 18.8 Å². The Morgan fingerprint density at radius 2 is 1.76 bits per heavy atom. The van der Waals surface area contributed by atoms with Crippen molar-refractivity contribution in [1.82, 2.24) is 4.31 Å². The molecule has 1 aliphatic heterocycles. The van der Waals surface area contributed by atoms with Gasteiger partial charge >= 0.3 is 0 Å². The second-order valence-electron chi connectivity index (χ2n) is 3.88. The lowest BCUT2D eigenvalue weighted by Crippen LogP contribution is -2.28. The van der Waals surface area contributed by atoms with Crippen molar-refractivity contribution in [3.63, 3.8) is 0 Å². The van der Waals surface area contributed by atoms with Crippen molar-refractivity contribution in [2.45, 2.75) is 17.7 Å². The van der Waals surface area contributed by atoms with Gasteiger partial charge in [0, 0.05) is 13.1 Å². The SMILES string of the molecule is Nc1c(Cl)ccc(S(=O)(=O)N2CCCC2)c1Cl. The number of nitrogens with zero attached hydrogens (tertiary/aromatic N) is 1. The van der Waals surface area contributed by atoms with E-state index < -0.39 is 10.0 Å². The molecule has 0 aliphatic carbocycles. The van der Waals surface area contributed by atoms with Crippen molar-refractivity contribution in [2.24, 2.45) is 0 Å². The van der Waals surface area contributed by atoms with Crippen LogP contribution >= 0.6 is 23.2 Å². The van der Waals surface area contributed by atoms with Crippen LogP contribution in [0.4, 0.5) is 5.69 Å². The zero-order valence-corrected chi connectivity index (χ0v) is 11.3. The van der Waals surface area contributed by atoms with Gasteiger partial charge in [-0.15, -0.1) is 0 Å². The third-order valence-electron chi connectivity index (χ3n) is 2.77. The van der Waals surface area contributed by atoms with Gasteiger partial charge in [-0.25, -0.2) is 8.42 Å². The van der Waals surface area contributed by atoms with E-state index in [4.69, 9.17) is 28.9 Å². The summed E-state index contributed by atoms with van der Waals surface area (Å²) in [6.45, 7) is 1.06. The number of anilines is 1. The van der Waals surface area contributed by atoms with Crippen LogP contribution in [-0.2, 0) is 10.0 Å². The fourth-order valence-electron chi connectivity index (χ4n) is 1.82. The fourth-order valence-corrected chi connectivity index (χ4v) is 4.07. The summed E-state index contributed by atoms with van der Waals surface area (Å²) < 4.78 is 25.9. The van der Waals surface area contributed by atoms with Gasteiger partial charge in [0.05, 0.1) is 15.7 Å². The third-order valence-corrected chi connectivity index (χ3v) is 5.56. The summed E-state index contributed by atoms with van der Waals surface area (Å²) in [5.41, 5.74) is 5.74. The molecule has 0 aromatic heterocycles. The topological polar surface area (TPSA) is 63.4 Å². The fraction of sp³-hybridized carbons (Fsp3) is 0.400. The number of halogens is 2. The number of benzene rings is 1. The third kappa shape index (κ3) is 2.25. The summed E-state index contributed by atoms with van der Waals surface area (Å²) in [4.78, 5) is 0.0305. The highest BCUT2D eigenvalue weighted by atomic mass is 35.5. The van der Waals surface area contributed by atoms with Gasteiger partial charge in [0.2, 0.25) is 10.0 Å². The molecule has 94 valence electrons. The average Bonchev–Trinajstić information content (AvgIpc) is 2.79. The standard InChI is InChI=1S/C10H12Cl2N2O2S/c11-7-3-4-8(9(12)10(7)13)17(15,16)14-5-1-2-6-14/h3-4H,1-2,5-6,13H2. The normalized spacial score (nSPS) is 17.5. The van der Waals surface area contributed by atoms with Crippen molar-refractivity contribution >= 4 is 38.9 Å². The molecule has 1 aromatic rings. The Morgan fingerprint density at radius 1 is 1.18 bits per heavy atom. The van der Waals surface area contributed by atoms with E-state index in [0.717, 1.165) is 12.8 Å². The molecule has 1 aromatic carbocycles. The highest BCUT2D eigenvalue weighted by Crippen LogP contribution is 2.35. The minimum atomic E-state index is -3.55. The lowest BCUT2D eigenvalue weighted by molar-refractivity contribution is 0.477. The molecule has 1 aliphatic rings. The van der Waals surface area contributed by atoms with Crippen LogP contribution in [0.3, 0.4) is 0 Å². The van der Waals surface area contributed by atoms with Crippen LogP contribution in [0, 0.1) is 0 Å². The summed E-state index contributed by atoms with van der Waals surface area (Å²) in [7, 11) is -3.55. The van der Waals surface area contributed by atoms with E-state index in [1.807, 2.05) is 0 Å². The van der Waals surface area contributed by atoms with E-state index in [1.165, 1.54) is 16.4 Å². The summed E-state index contributed by atoms with van der Waals surface area (Å²) in [6, 6.07) is 2.85. The number of sulfonamides is 1. The maximum absolute atomic E-state index is 12.3. The summed E-state index contributed by atoms with van der Waals surface area (Å²) in [5, 5.41) is 0.264. The predicted octanol–water partition coefficient (Wildman–Crippen LogP) is 2.36. The molecule has 7 heteroatoms. The molecule has 0 atom stereocenters. The van der Waals surface area contributed by atoms with Crippen LogP contribution < -0.4 is 5.73 Å². The van der Waals surface area contributed by atoms with E-state index in [0.29, 0.717) is 13.1 Å². The van der Waals surface area contributed by atoms with Crippen LogP contribution in [0.1, 0.15) is 12.8 Å². The van der Waals surface area contributed by atoms with Gasteiger partial charge in [0.15, 0.2) is 0 Å². The molecule has 17 heavy (non-hydrogen) atoms. The maximum Gasteiger partial charge on any atom is 0.244 e. The van der Waals surface area contributed by atoms with Crippen molar-refractivity contribution in [1.29, 1.82) is 0 Å². The van der Waals surface area contributed by atoms with Gasteiger partial charge in [-0.2, -0.15) is 4.31 Å². The average molecular weight is 295 g/mol. The second kappa shape index (κ2) is 4.65. The van der Waals surface area contributed by atoms with Gasteiger partial charge in [-0.05, 0) is 25.0 Å². The largest absolute Gasteiger partial charge is 0.396 e. The van der Waals surface area contributed by atoms with Crippen LogP contribution in [0.25, 0.3) is 0 Å². The Morgan fingerprint density at radius 3 is 2.35 bits per heavy atom. The van der Waals surface area contributed by atoms with Crippen molar-refractivity contribution in [3.05, 3.63) is 22.2 Å². The molecule has 0 unspecified atom stereocenters. The highest BCUT2D eigenvalue weighted by molar-refractivity contribution is 7.89. The quantitative estimate of drug-likeness (QED) is 0.852. The van der Waals surface area contributed by atoms with Gasteiger partial charge < -0.3 is 5.73 Å². The van der Waals surface area contributed by atoms with Gasteiger partial charge in [-0.1, -0.05) is 23.2 Å². The zero-order valence-electron chi connectivity index (χ0n) is 8.99. The molecule has 1 heterocycles. The summed E-state index contributed by atoms with van der Waals surface area (Å²) in [5.74, 6) is 0. The zero-order chi connectivity index (χ0) is 12.6. The first-order valence-corrected chi connectivity index (χ1v) is 7.38. The van der Waals surface area contributed by atoms with Crippen LogP contribution in [0.2, 0.25) is 10.0 Å². The molecule has 0 saturated carbocycles. The first-order valence-electron chi connectivity index (χ1n) is 5.18. The minimum Gasteiger partial charge on any atom is -0.396 e. The molecular weight excluding hydrogens is 283 g/mol. The van der Waals surface area contributed by atoms with Crippen molar-refractivity contribution in [3.8, 4) is 0 Å². The van der Waals surface area contributed by atoms with E-state index in [9.17, 15) is 8.42 Å². The monoisotopic (exact) mass is 294 g/mol. The molecule has 0 radical (unpaired) electrons. The van der Waals surface area contributed by atoms with Gasteiger partial charge in [0.25, 0.3) is 0 Å². The lowest BCUT2D eigenvalue weighted by Gasteiger charge is -2.17. The molecule has 4 nitrogen and oxygen atoms in total. The molecule has 2 N–H and O–H groups in total. The Kier molecular flexibility index (Phi) is 3.54. The number of nitrogens with two attached hydrogens (primary N) is 1. The lowest BCUT2D eigenvalue weighted by atomic mass is 10.3. The Balaban J connectivity index is 2.50. The Bertz CT molecular complexity index is 539. The highest BCUT2D eigenvalue weighted by Gasteiger charge is 2.29. The van der Waals surface area contributed by atoms with E-state index >= 15 is 0 Å². The molecule has 2 rings (SSSR count). The number of hydrogen-bond acceptors (Lipinski definition) is 3. The van der Waals surface area contributed by atoms with Gasteiger partial charge in [-0.3, -0.25) is 0 Å². The molecule has 0 amide bonds. The number of rotatable bonds is 2. The van der Waals surface area contributed by atoms with Crippen LogP contribution in [0.5, 0.6) is 0 Å². The van der Waals surface area contributed by atoms with Crippen LogP contribution in [0.15, 0.2) is 17.0 Å². The maximum atomic E-state index is 12.3. The molecule has 0 bridgehead atoms. The summed E-state index contributed by atoms with van der Waals surface area (Å²) in [6.07, 6.45) is 1.75. The second-order valence-corrected chi connectivity index (χ2v) is 6.58. The predicted molar refractivity (Wildman–Crippen MR) is 68.9 cm³/mol. The van der Waals surface area contributed by atoms with Gasteiger partial charge in [0.1, 0.15) is 4.90 Å². The van der Waals surface area contributed by atoms with Crippen LogP contribution in [-0.4, -0.2) is 25.8 Å². The Labute approximate surface area is 110 Å². The van der Waals surface area contributed by atoms with E-state index in [-0.39, 0.29) is 20.6 Å². The van der Waals surface area contributed by atoms with E-state index in [2.05, 4.69) is 0 Å². The van der Waals surface area contributed by atoms with E-state index in [1.54, 1.807) is 0 Å². The summed E-state index contributed by atoms with van der Waals surface area (Å²) >= 11 is 11.7. The Hall–Kier alpha value is -0.490.